The Labute approximate surface area is 101 Å². The molecule has 1 aromatic carbocycles. The van der Waals surface area contributed by atoms with E-state index in [0.717, 1.165) is 13.1 Å². The highest BCUT2D eigenvalue weighted by Gasteiger charge is 1.98. The van der Waals surface area contributed by atoms with Crippen molar-refractivity contribution in [2.45, 2.75) is 13.1 Å². The van der Waals surface area contributed by atoms with E-state index in [1.54, 1.807) is 22.4 Å². The molecule has 0 amide bonds. The van der Waals surface area contributed by atoms with E-state index in [9.17, 15) is 4.79 Å². The molecule has 0 atom stereocenters. The van der Waals surface area contributed by atoms with Crippen LogP contribution in [-0.4, -0.2) is 15.7 Å². The van der Waals surface area contributed by atoms with E-state index in [1.807, 2.05) is 24.4 Å². The first-order valence-electron chi connectivity index (χ1n) is 5.74. The van der Waals surface area contributed by atoms with Gasteiger partial charge in [0.1, 0.15) is 0 Å². The predicted octanol–water partition coefficient (Wildman–Crippen LogP) is 0.977. The smallest absolute Gasteiger partial charge is 0.311 e. The summed E-state index contributed by atoms with van der Waals surface area (Å²) < 4.78 is 3.29. The minimum absolute atomic E-state index is 0.0338. The Balaban J connectivity index is 1.77. The molecule has 1 heterocycles. The summed E-state index contributed by atoms with van der Waals surface area (Å²) in [7, 11) is 1.76. The number of rotatable bonds is 5. The Morgan fingerprint density at radius 3 is 2.59 bits per heavy atom. The summed E-state index contributed by atoms with van der Waals surface area (Å²) in [5.74, 6) is 0. The molecule has 4 heteroatoms. The van der Waals surface area contributed by atoms with Gasteiger partial charge in [0, 0.05) is 39.1 Å². The Bertz CT molecular complexity index is 513. The molecule has 0 aliphatic carbocycles. The average Bonchev–Trinajstić information content (AvgIpc) is 2.67. The van der Waals surface area contributed by atoms with E-state index < -0.39 is 0 Å². The van der Waals surface area contributed by atoms with Crippen LogP contribution in [0.3, 0.4) is 0 Å². The van der Waals surface area contributed by atoms with Crippen molar-refractivity contribution >= 4 is 0 Å². The third-order valence-electron chi connectivity index (χ3n) is 2.72. The summed E-state index contributed by atoms with van der Waals surface area (Å²) in [5, 5.41) is 3.32. The van der Waals surface area contributed by atoms with Crippen LogP contribution in [0.25, 0.3) is 0 Å². The molecule has 0 bridgehead atoms. The Kier molecular flexibility index (Phi) is 3.77. The van der Waals surface area contributed by atoms with Crippen LogP contribution in [0, 0.1) is 0 Å². The number of benzene rings is 1. The van der Waals surface area contributed by atoms with Crippen molar-refractivity contribution < 1.29 is 0 Å². The maximum Gasteiger partial charge on any atom is 0.327 e. The van der Waals surface area contributed by atoms with Gasteiger partial charge in [-0.25, -0.2) is 4.79 Å². The van der Waals surface area contributed by atoms with Gasteiger partial charge >= 0.3 is 5.69 Å². The number of nitrogens with one attached hydrogen (secondary N) is 1. The van der Waals surface area contributed by atoms with E-state index in [4.69, 9.17) is 0 Å². The average molecular weight is 231 g/mol. The molecule has 0 unspecified atom stereocenters. The van der Waals surface area contributed by atoms with Crippen molar-refractivity contribution in [2.24, 2.45) is 7.05 Å². The van der Waals surface area contributed by atoms with Crippen molar-refractivity contribution in [3.63, 3.8) is 0 Å². The minimum atomic E-state index is 0.0338. The first kappa shape index (κ1) is 11.7. The Morgan fingerprint density at radius 2 is 1.94 bits per heavy atom. The maximum absolute atomic E-state index is 11.5. The van der Waals surface area contributed by atoms with Crippen molar-refractivity contribution in [3.8, 4) is 0 Å². The number of hydrogen-bond acceptors (Lipinski definition) is 2. The maximum atomic E-state index is 11.5. The Morgan fingerprint density at radius 1 is 1.18 bits per heavy atom. The zero-order chi connectivity index (χ0) is 12.1. The molecule has 0 saturated carbocycles. The Hall–Kier alpha value is -1.81. The van der Waals surface area contributed by atoms with Gasteiger partial charge in [0.2, 0.25) is 0 Å². The number of imidazole rings is 1. The van der Waals surface area contributed by atoms with Gasteiger partial charge in [-0.2, -0.15) is 0 Å². The molecule has 2 rings (SSSR count). The van der Waals surface area contributed by atoms with Crippen LogP contribution >= 0.6 is 0 Å². The van der Waals surface area contributed by atoms with Crippen LogP contribution in [0.2, 0.25) is 0 Å². The summed E-state index contributed by atoms with van der Waals surface area (Å²) >= 11 is 0. The van der Waals surface area contributed by atoms with Crippen molar-refractivity contribution in [3.05, 3.63) is 58.8 Å². The zero-order valence-corrected chi connectivity index (χ0v) is 9.97. The molecule has 0 aliphatic heterocycles. The second kappa shape index (κ2) is 5.50. The standard InChI is InChI=1S/C13H17N3O/c1-15-9-10-16(13(15)17)8-7-14-11-12-5-3-2-4-6-12/h2-6,9-10,14H,7-8,11H2,1H3. The molecule has 1 N–H and O–H groups in total. The SMILES string of the molecule is Cn1ccn(CCNCc2ccccc2)c1=O. The predicted molar refractivity (Wildman–Crippen MR) is 67.8 cm³/mol. The van der Waals surface area contributed by atoms with Crippen molar-refractivity contribution in [2.75, 3.05) is 6.54 Å². The summed E-state index contributed by atoms with van der Waals surface area (Å²) in [4.78, 5) is 11.5. The number of aromatic nitrogens is 2. The van der Waals surface area contributed by atoms with Gasteiger partial charge < -0.3 is 9.88 Å². The lowest BCUT2D eigenvalue weighted by Crippen LogP contribution is -2.27. The first-order chi connectivity index (χ1) is 8.27. The van der Waals surface area contributed by atoms with E-state index in [2.05, 4.69) is 17.4 Å². The van der Waals surface area contributed by atoms with Crippen LogP contribution in [0.4, 0.5) is 0 Å². The molecular weight excluding hydrogens is 214 g/mol. The van der Waals surface area contributed by atoms with Gasteiger partial charge in [0.25, 0.3) is 0 Å². The summed E-state index contributed by atoms with van der Waals surface area (Å²) in [6.07, 6.45) is 3.59. The van der Waals surface area contributed by atoms with E-state index in [1.165, 1.54) is 5.56 Å². The van der Waals surface area contributed by atoms with Crippen molar-refractivity contribution in [1.82, 2.24) is 14.5 Å². The summed E-state index contributed by atoms with van der Waals surface area (Å²) in [5.41, 5.74) is 1.29. The topological polar surface area (TPSA) is 39.0 Å². The highest BCUT2D eigenvalue weighted by atomic mass is 16.1. The molecule has 0 saturated heterocycles. The normalized spacial score (nSPS) is 10.6. The monoisotopic (exact) mass is 231 g/mol. The van der Waals surface area contributed by atoms with Gasteiger partial charge in [0.05, 0.1) is 0 Å². The van der Waals surface area contributed by atoms with Crippen LogP contribution in [0.5, 0.6) is 0 Å². The second-order valence-electron chi connectivity index (χ2n) is 4.05. The van der Waals surface area contributed by atoms with Gasteiger partial charge in [0.15, 0.2) is 0 Å². The molecule has 1 aromatic heterocycles. The van der Waals surface area contributed by atoms with Crippen molar-refractivity contribution in [1.29, 1.82) is 0 Å². The summed E-state index contributed by atoms with van der Waals surface area (Å²) in [6.45, 7) is 2.33. The van der Waals surface area contributed by atoms with E-state index in [-0.39, 0.29) is 5.69 Å². The fourth-order valence-corrected chi connectivity index (χ4v) is 1.71. The summed E-state index contributed by atoms with van der Waals surface area (Å²) in [6, 6.07) is 10.2. The molecular formula is C13H17N3O. The fourth-order valence-electron chi connectivity index (χ4n) is 1.71. The third-order valence-corrected chi connectivity index (χ3v) is 2.72. The molecule has 0 radical (unpaired) electrons. The lowest BCUT2D eigenvalue weighted by atomic mass is 10.2. The molecule has 2 aromatic rings. The van der Waals surface area contributed by atoms with E-state index >= 15 is 0 Å². The molecule has 4 nitrogen and oxygen atoms in total. The lowest BCUT2D eigenvalue weighted by molar-refractivity contribution is 0.578. The van der Waals surface area contributed by atoms with Crippen LogP contribution < -0.4 is 11.0 Å². The molecule has 0 aliphatic rings. The van der Waals surface area contributed by atoms with E-state index in [0.29, 0.717) is 6.54 Å². The molecule has 17 heavy (non-hydrogen) atoms. The number of aryl methyl sites for hydroxylation is 1. The van der Waals surface area contributed by atoms with Gasteiger partial charge in [-0.3, -0.25) is 4.57 Å². The second-order valence-corrected chi connectivity index (χ2v) is 4.05. The van der Waals surface area contributed by atoms with Crippen LogP contribution in [-0.2, 0) is 20.1 Å². The highest BCUT2D eigenvalue weighted by molar-refractivity contribution is 5.14. The zero-order valence-electron chi connectivity index (χ0n) is 9.97. The largest absolute Gasteiger partial charge is 0.327 e. The first-order valence-corrected chi connectivity index (χ1v) is 5.74. The lowest BCUT2D eigenvalue weighted by Gasteiger charge is -2.05. The number of nitrogens with zero attached hydrogens (tertiary/aromatic N) is 2. The third kappa shape index (κ3) is 3.07. The molecule has 90 valence electrons. The van der Waals surface area contributed by atoms with Gasteiger partial charge in [-0.1, -0.05) is 30.3 Å². The molecule has 0 fully saturated rings. The van der Waals surface area contributed by atoms with Crippen LogP contribution in [0.1, 0.15) is 5.56 Å². The fraction of sp³-hybridized carbons (Fsp3) is 0.308. The highest BCUT2D eigenvalue weighted by Crippen LogP contribution is 1.96. The van der Waals surface area contributed by atoms with Crippen LogP contribution in [0.15, 0.2) is 47.5 Å². The minimum Gasteiger partial charge on any atom is -0.311 e. The van der Waals surface area contributed by atoms with Gasteiger partial charge in [-0.05, 0) is 5.56 Å². The quantitative estimate of drug-likeness (QED) is 0.779. The molecule has 0 spiro atoms. The number of hydrogen-bond donors (Lipinski definition) is 1. The van der Waals surface area contributed by atoms with Gasteiger partial charge in [-0.15, -0.1) is 0 Å².